The highest BCUT2D eigenvalue weighted by atomic mass is 79.9. The van der Waals surface area contributed by atoms with Crippen molar-refractivity contribution in [2.24, 2.45) is 0 Å². The first-order chi connectivity index (χ1) is 13.0. The highest BCUT2D eigenvalue weighted by molar-refractivity contribution is 9.10. The minimum atomic E-state index is -0.172. The van der Waals surface area contributed by atoms with Crippen LogP contribution in [-0.4, -0.2) is 31.1 Å². The Labute approximate surface area is 165 Å². The number of hydrogen-bond acceptors (Lipinski definition) is 5. The Hall–Kier alpha value is -2.80. The standard InChI is InChI=1S/C20H19BrN2O4/c1-25-17-10-14(11-18(26-2)20(17)27-3)16-8-9-19(24)23(22-16)12-13-4-6-15(21)7-5-13/h4-11H,12H2,1-3H3. The normalized spacial score (nSPS) is 10.5. The van der Waals surface area contributed by atoms with E-state index in [1.807, 2.05) is 24.3 Å². The number of hydrogen-bond donors (Lipinski definition) is 0. The number of methoxy groups -OCH3 is 3. The van der Waals surface area contributed by atoms with Gasteiger partial charge in [-0.15, -0.1) is 0 Å². The van der Waals surface area contributed by atoms with Crippen molar-refractivity contribution in [1.82, 2.24) is 9.78 Å². The fourth-order valence-electron chi connectivity index (χ4n) is 2.71. The summed E-state index contributed by atoms with van der Waals surface area (Å²) in [6.45, 7) is 0.379. The Morgan fingerprint density at radius 2 is 1.56 bits per heavy atom. The second-order valence-corrected chi connectivity index (χ2v) is 6.67. The first kappa shape index (κ1) is 19.0. The molecule has 0 aliphatic rings. The van der Waals surface area contributed by atoms with Gasteiger partial charge in [-0.25, -0.2) is 4.68 Å². The van der Waals surface area contributed by atoms with Crippen molar-refractivity contribution in [3.8, 4) is 28.5 Å². The van der Waals surface area contributed by atoms with Crippen LogP contribution in [0.1, 0.15) is 5.56 Å². The quantitative estimate of drug-likeness (QED) is 0.595. The molecule has 2 aromatic carbocycles. The molecular formula is C20H19BrN2O4. The molecule has 6 nitrogen and oxygen atoms in total. The smallest absolute Gasteiger partial charge is 0.267 e. The highest BCUT2D eigenvalue weighted by Gasteiger charge is 2.15. The second-order valence-electron chi connectivity index (χ2n) is 5.75. The number of aromatic nitrogens is 2. The van der Waals surface area contributed by atoms with Gasteiger partial charge in [0.15, 0.2) is 11.5 Å². The van der Waals surface area contributed by atoms with Crippen molar-refractivity contribution in [1.29, 1.82) is 0 Å². The fourth-order valence-corrected chi connectivity index (χ4v) is 2.97. The van der Waals surface area contributed by atoms with Crippen molar-refractivity contribution >= 4 is 15.9 Å². The Kier molecular flexibility index (Phi) is 5.81. The largest absolute Gasteiger partial charge is 0.493 e. The van der Waals surface area contributed by atoms with Gasteiger partial charge >= 0.3 is 0 Å². The topological polar surface area (TPSA) is 62.6 Å². The summed E-state index contributed by atoms with van der Waals surface area (Å²) in [5.41, 5.74) is 2.20. The van der Waals surface area contributed by atoms with Gasteiger partial charge in [-0.05, 0) is 35.9 Å². The average Bonchev–Trinajstić information content (AvgIpc) is 2.70. The first-order valence-electron chi connectivity index (χ1n) is 8.18. The summed E-state index contributed by atoms with van der Waals surface area (Å²) in [5, 5.41) is 4.51. The molecule has 0 radical (unpaired) electrons. The molecule has 0 spiro atoms. The molecule has 0 saturated carbocycles. The van der Waals surface area contributed by atoms with Gasteiger partial charge in [-0.1, -0.05) is 28.1 Å². The number of halogens is 1. The fraction of sp³-hybridized carbons (Fsp3) is 0.200. The van der Waals surface area contributed by atoms with Gasteiger partial charge in [-0.3, -0.25) is 4.79 Å². The molecule has 140 valence electrons. The van der Waals surface area contributed by atoms with Crippen LogP contribution in [0.4, 0.5) is 0 Å². The predicted octanol–water partition coefficient (Wildman–Crippen LogP) is 3.75. The Bertz CT molecular complexity index is 975. The van der Waals surface area contributed by atoms with Gasteiger partial charge in [0.05, 0.1) is 33.6 Å². The van der Waals surface area contributed by atoms with E-state index < -0.39 is 0 Å². The van der Waals surface area contributed by atoms with E-state index >= 15 is 0 Å². The number of benzene rings is 2. The van der Waals surface area contributed by atoms with Crippen molar-refractivity contribution in [3.05, 3.63) is 68.9 Å². The molecule has 27 heavy (non-hydrogen) atoms. The van der Waals surface area contributed by atoms with Gasteiger partial charge in [0, 0.05) is 16.1 Å². The summed E-state index contributed by atoms with van der Waals surface area (Å²) < 4.78 is 18.6. The van der Waals surface area contributed by atoms with Crippen LogP contribution in [0.5, 0.6) is 17.2 Å². The molecule has 0 bridgehead atoms. The zero-order chi connectivity index (χ0) is 19.4. The summed E-state index contributed by atoms with van der Waals surface area (Å²) in [4.78, 5) is 12.2. The second kappa shape index (κ2) is 8.26. The van der Waals surface area contributed by atoms with Crippen molar-refractivity contribution < 1.29 is 14.2 Å². The average molecular weight is 431 g/mol. The van der Waals surface area contributed by atoms with Gasteiger partial charge in [0.1, 0.15) is 0 Å². The van der Waals surface area contributed by atoms with Crippen LogP contribution >= 0.6 is 15.9 Å². The minimum absolute atomic E-state index is 0.172. The molecule has 3 aromatic rings. The lowest BCUT2D eigenvalue weighted by atomic mass is 10.1. The zero-order valence-corrected chi connectivity index (χ0v) is 16.8. The van der Waals surface area contributed by atoms with Crippen LogP contribution in [0.25, 0.3) is 11.3 Å². The molecular weight excluding hydrogens is 412 g/mol. The lowest BCUT2D eigenvalue weighted by Crippen LogP contribution is -2.22. The predicted molar refractivity (Wildman–Crippen MR) is 107 cm³/mol. The van der Waals surface area contributed by atoms with Crippen LogP contribution < -0.4 is 19.8 Å². The molecule has 0 fully saturated rings. The third-order valence-electron chi connectivity index (χ3n) is 4.07. The molecule has 1 heterocycles. The molecule has 0 atom stereocenters. The van der Waals surface area contributed by atoms with E-state index in [-0.39, 0.29) is 5.56 Å². The lowest BCUT2D eigenvalue weighted by molar-refractivity contribution is 0.324. The monoisotopic (exact) mass is 430 g/mol. The molecule has 0 aliphatic heterocycles. The van der Waals surface area contributed by atoms with Gasteiger partial charge in [0.2, 0.25) is 5.75 Å². The minimum Gasteiger partial charge on any atom is -0.493 e. The Morgan fingerprint density at radius 1 is 0.926 bits per heavy atom. The molecule has 0 N–H and O–H groups in total. The van der Waals surface area contributed by atoms with Crippen molar-refractivity contribution in [3.63, 3.8) is 0 Å². The summed E-state index contributed by atoms with van der Waals surface area (Å²) in [6, 6.07) is 14.6. The van der Waals surface area contributed by atoms with E-state index in [0.717, 1.165) is 15.6 Å². The Balaban J connectivity index is 2.03. The number of ether oxygens (including phenoxy) is 3. The highest BCUT2D eigenvalue weighted by Crippen LogP contribution is 2.40. The van der Waals surface area contributed by atoms with E-state index in [1.165, 1.54) is 10.7 Å². The van der Waals surface area contributed by atoms with Crippen molar-refractivity contribution in [2.75, 3.05) is 21.3 Å². The maximum absolute atomic E-state index is 12.2. The maximum atomic E-state index is 12.2. The van der Waals surface area contributed by atoms with E-state index in [0.29, 0.717) is 29.5 Å². The molecule has 0 amide bonds. The molecule has 3 rings (SSSR count). The SMILES string of the molecule is COc1cc(-c2ccc(=O)n(Cc3ccc(Br)cc3)n2)cc(OC)c1OC. The summed E-state index contributed by atoms with van der Waals surface area (Å²) in [5.74, 6) is 1.56. The lowest BCUT2D eigenvalue weighted by Gasteiger charge is -2.14. The number of nitrogens with zero attached hydrogens (tertiary/aromatic N) is 2. The van der Waals surface area contributed by atoms with E-state index in [9.17, 15) is 4.79 Å². The van der Waals surface area contributed by atoms with Gasteiger partial charge < -0.3 is 14.2 Å². The van der Waals surface area contributed by atoms with E-state index in [1.54, 1.807) is 39.5 Å². The van der Waals surface area contributed by atoms with Crippen LogP contribution in [0.3, 0.4) is 0 Å². The first-order valence-corrected chi connectivity index (χ1v) is 8.98. The number of rotatable bonds is 6. The molecule has 7 heteroatoms. The summed E-state index contributed by atoms with van der Waals surface area (Å²) in [7, 11) is 4.67. The van der Waals surface area contributed by atoms with Crippen LogP contribution in [-0.2, 0) is 6.54 Å². The zero-order valence-electron chi connectivity index (χ0n) is 15.2. The Morgan fingerprint density at radius 3 is 2.11 bits per heavy atom. The van der Waals surface area contributed by atoms with E-state index in [4.69, 9.17) is 14.2 Å². The van der Waals surface area contributed by atoms with Crippen LogP contribution in [0.2, 0.25) is 0 Å². The third-order valence-corrected chi connectivity index (χ3v) is 4.60. The molecule has 0 saturated heterocycles. The van der Waals surface area contributed by atoms with Crippen LogP contribution in [0, 0.1) is 0 Å². The maximum Gasteiger partial charge on any atom is 0.267 e. The molecule has 0 unspecified atom stereocenters. The molecule has 0 aliphatic carbocycles. The van der Waals surface area contributed by atoms with E-state index in [2.05, 4.69) is 21.0 Å². The third kappa shape index (κ3) is 4.14. The van der Waals surface area contributed by atoms with Gasteiger partial charge in [-0.2, -0.15) is 5.10 Å². The van der Waals surface area contributed by atoms with Crippen molar-refractivity contribution in [2.45, 2.75) is 6.54 Å². The summed E-state index contributed by atoms with van der Waals surface area (Å²) in [6.07, 6.45) is 0. The van der Waals surface area contributed by atoms with Gasteiger partial charge in [0.25, 0.3) is 5.56 Å². The molecule has 1 aromatic heterocycles. The van der Waals surface area contributed by atoms with Crippen LogP contribution in [0.15, 0.2) is 57.8 Å². The summed E-state index contributed by atoms with van der Waals surface area (Å²) >= 11 is 3.41.